The second-order valence-electron chi connectivity index (χ2n) is 4.03. The minimum absolute atomic E-state index is 0.300. The third kappa shape index (κ3) is 2.70. The summed E-state index contributed by atoms with van der Waals surface area (Å²) < 4.78 is 0. The van der Waals surface area contributed by atoms with E-state index in [2.05, 4.69) is 47.5 Å². The first-order valence-electron chi connectivity index (χ1n) is 5.83. The molecule has 0 radical (unpaired) electrons. The van der Waals surface area contributed by atoms with Crippen molar-refractivity contribution < 1.29 is 0 Å². The summed E-state index contributed by atoms with van der Waals surface area (Å²) in [5, 5.41) is 6.48. The van der Waals surface area contributed by atoms with Gasteiger partial charge in [-0.15, -0.1) is 11.3 Å². The van der Waals surface area contributed by atoms with E-state index >= 15 is 0 Å². The van der Waals surface area contributed by atoms with Crippen LogP contribution in [0.4, 0.5) is 0 Å². The zero-order valence-electron chi connectivity index (χ0n) is 10.4. The number of rotatable bonds is 4. The van der Waals surface area contributed by atoms with E-state index in [1.54, 1.807) is 11.3 Å². The Morgan fingerprint density at radius 3 is 3.00 bits per heavy atom. The molecule has 0 aliphatic rings. The van der Waals surface area contributed by atoms with Crippen molar-refractivity contribution in [2.24, 2.45) is 0 Å². The smallest absolute Gasteiger partial charge is 0.142 e. The summed E-state index contributed by atoms with van der Waals surface area (Å²) in [6.45, 7) is 7.26. The van der Waals surface area contributed by atoms with Crippen LogP contribution in [0.2, 0.25) is 0 Å². The molecule has 4 heteroatoms. The Hall–Kier alpha value is -1.26. The summed E-state index contributed by atoms with van der Waals surface area (Å²) in [6, 6.07) is 4.32. The largest absolute Gasteiger partial charge is 0.309 e. The highest BCUT2D eigenvalue weighted by Gasteiger charge is 2.11. The molecule has 2 aromatic rings. The zero-order chi connectivity index (χ0) is 12.3. The third-order valence-electron chi connectivity index (χ3n) is 2.69. The standard InChI is InChI=1S/C13H17N3S/c1-4-14-10(3)11-8-17-13(16-11)12-9(2)6-5-7-15-12/h5-8,10,14H,4H2,1-3H3. The molecule has 2 heterocycles. The van der Waals surface area contributed by atoms with Crippen LogP contribution in [-0.4, -0.2) is 16.5 Å². The van der Waals surface area contributed by atoms with Crippen molar-refractivity contribution in [2.75, 3.05) is 6.54 Å². The molecule has 1 atom stereocenters. The van der Waals surface area contributed by atoms with Gasteiger partial charge in [-0.2, -0.15) is 0 Å². The van der Waals surface area contributed by atoms with Crippen molar-refractivity contribution in [1.29, 1.82) is 0 Å². The molecule has 0 saturated carbocycles. The highest BCUT2D eigenvalue weighted by molar-refractivity contribution is 7.13. The first-order valence-corrected chi connectivity index (χ1v) is 6.71. The van der Waals surface area contributed by atoms with Crippen molar-refractivity contribution in [3.63, 3.8) is 0 Å². The van der Waals surface area contributed by atoms with Gasteiger partial charge in [-0.3, -0.25) is 4.98 Å². The fourth-order valence-electron chi connectivity index (χ4n) is 1.71. The van der Waals surface area contributed by atoms with Crippen molar-refractivity contribution >= 4 is 11.3 Å². The van der Waals surface area contributed by atoms with Gasteiger partial charge in [-0.1, -0.05) is 13.0 Å². The van der Waals surface area contributed by atoms with Gasteiger partial charge < -0.3 is 5.32 Å². The molecule has 0 saturated heterocycles. The highest BCUT2D eigenvalue weighted by atomic mass is 32.1. The molecule has 0 aromatic carbocycles. The Balaban J connectivity index is 2.27. The van der Waals surface area contributed by atoms with Crippen molar-refractivity contribution in [2.45, 2.75) is 26.8 Å². The van der Waals surface area contributed by atoms with Gasteiger partial charge in [0, 0.05) is 17.6 Å². The molecule has 0 aliphatic carbocycles. The Morgan fingerprint density at radius 1 is 1.47 bits per heavy atom. The number of aryl methyl sites for hydroxylation is 1. The van der Waals surface area contributed by atoms with Crippen LogP contribution in [0.25, 0.3) is 10.7 Å². The molecular formula is C13H17N3S. The lowest BCUT2D eigenvalue weighted by Crippen LogP contribution is -2.17. The number of pyridine rings is 1. The lowest BCUT2D eigenvalue weighted by atomic mass is 10.2. The zero-order valence-corrected chi connectivity index (χ0v) is 11.2. The summed E-state index contributed by atoms with van der Waals surface area (Å²) in [7, 11) is 0. The summed E-state index contributed by atoms with van der Waals surface area (Å²) in [6.07, 6.45) is 1.82. The van der Waals surface area contributed by atoms with Crippen molar-refractivity contribution in [3.8, 4) is 10.7 Å². The first kappa shape index (κ1) is 12.2. The van der Waals surface area contributed by atoms with Crippen LogP contribution in [0.3, 0.4) is 0 Å². The molecule has 0 aliphatic heterocycles. The number of nitrogens with one attached hydrogen (secondary N) is 1. The van der Waals surface area contributed by atoms with Crippen molar-refractivity contribution in [1.82, 2.24) is 15.3 Å². The van der Waals surface area contributed by atoms with Gasteiger partial charge >= 0.3 is 0 Å². The summed E-state index contributed by atoms with van der Waals surface area (Å²) >= 11 is 1.66. The van der Waals surface area contributed by atoms with Crippen LogP contribution in [0.5, 0.6) is 0 Å². The number of aromatic nitrogens is 2. The lowest BCUT2D eigenvalue weighted by molar-refractivity contribution is 0.586. The lowest BCUT2D eigenvalue weighted by Gasteiger charge is -2.08. The SMILES string of the molecule is CCNC(C)c1csc(-c2ncccc2C)n1. The fraction of sp³-hybridized carbons (Fsp3) is 0.385. The molecule has 0 bridgehead atoms. The Morgan fingerprint density at radius 2 is 2.29 bits per heavy atom. The maximum Gasteiger partial charge on any atom is 0.142 e. The van der Waals surface area contributed by atoms with E-state index in [9.17, 15) is 0 Å². The van der Waals surface area contributed by atoms with Gasteiger partial charge in [0.05, 0.1) is 5.69 Å². The summed E-state index contributed by atoms with van der Waals surface area (Å²) in [4.78, 5) is 9.05. The number of hydrogen-bond donors (Lipinski definition) is 1. The van der Waals surface area contributed by atoms with Crippen LogP contribution >= 0.6 is 11.3 Å². The number of hydrogen-bond acceptors (Lipinski definition) is 4. The molecule has 3 nitrogen and oxygen atoms in total. The Labute approximate surface area is 106 Å². The van der Waals surface area contributed by atoms with E-state index in [0.717, 1.165) is 22.9 Å². The van der Waals surface area contributed by atoms with Gasteiger partial charge in [-0.25, -0.2) is 4.98 Å². The minimum Gasteiger partial charge on any atom is -0.309 e. The molecule has 0 fully saturated rings. The Bertz CT molecular complexity index is 493. The normalized spacial score (nSPS) is 12.6. The molecule has 0 amide bonds. The second-order valence-corrected chi connectivity index (χ2v) is 4.88. The average molecular weight is 247 g/mol. The van der Waals surface area contributed by atoms with Gasteiger partial charge in [0.1, 0.15) is 10.7 Å². The molecule has 0 spiro atoms. The first-order chi connectivity index (χ1) is 8.22. The second kappa shape index (κ2) is 5.38. The predicted molar refractivity (Wildman–Crippen MR) is 72.2 cm³/mol. The highest BCUT2D eigenvalue weighted by Crippen LogP contribution is 2.26. The molecule has 17 heavy (non-hydrogen) atoms. The van der Waals surface area contributed by atoms with Crippen LogP contribution in [0.15, 0.2) is 23.7 Å². The van der Waals surface area contributed by atoms with Crippen LogP contribution in [0, 0.1) is 6.92 Å². The molecular weight excluding hydrogens is 230 g/mol. The van der Waals surface area contributed by atoms with E-state index in [0.29, 0.717) is 6.04 Å². The predicted octanol–water partition coefficient (Wildman–Crippen LogP) is 3.18. The Kier molecular flexibility index (Phi) is 3.86. The van der Waals surface area contributed by atoms with Gasteiger partial charge in [0.25, 0.3) is 0 Å². The van der Waals surface area contributed by atoms with E-state index < -0.39 is 0 Å². The van der Waals surface area contributed by atoms with Gasteiger partial charge in [0.2, 0.25) is 0 Å². The quantitative estimate of drug-likeness (QED) is 0.901. The van der Waals surface area contributed by atoms with Crippen LogP contribution in [-0.2, 0) is 0 Å². The maximum absolute atomic E-state index is 4.65. The van der Waals surface area contributed by atoms with Crippen LogP contribution < -0.4 is 5.32 Å². The van der Waals surface area contributed by atoms with E-state index in [1.807, 2.05) is 12.3 Å². The molecule has 1 unspecified atom stereocenters. The maximum atomic E-state index is 4.65. The van der Waals surface area contributed by atoms with E-state index in [1.165, 1.54) is 5.56 Å². The minimum atomic E-state index is 0.300. The summed E-state index contributed by atoms with van der Waals surface area (Å²) in [5.74, 6) is 0. The monoisotopic (exact) mass is 247 g/mol. The van der Waals surface area contributed by atoms with E-state index in [4.69, 9.17) is 0 Å². The number of nitrogens with zero attached hydrogens (tertiary/aromatic N) is 2. The van der Waals surface area contributed by atoms with Crippen molar-refractivity contribution in [3.05, 3.63) is 35.0 Å². The molecule has 2 rings (SSSR count). The third-order valence-corrected chi connectivity index (χ3v) is 3.56. The number of thiazole rings is 1. The molecule has 2 aromatic heterocycles. The topological polar surface area (TPSA) is 37.8 Å². The summed E-state index contributed by atoms with van der Waals surface area (Å²) in [5.41, 5.74) is 3.26. The average Bonchev–Trinajstić information content (AvgIpc) is 2.79. The molecule has 1 N–H and O–H groups in total. The van der Waals surface area contributed by atoms with E-state index in [-0.39, 0.29) is 0 Å². The van der Waals surface area contributed by atoms with Gasteiger partial charge in [0.15, 0.2) is 0 Å². The van der Waals surface area contributed by atoms with Crippen LogP contribution in [0.1, 0.15) is 31.1 Å². The van der Waals surface area contributed by atoms with Gasteiger partial charge in [-0.05, 0) is 32.0 Å². The molecule has 90 valence electrons. The fourth-order valence-corrected chi connectivity index (χ4v) is 2.69.